The van der Waals surface area contributed by atoms with Crippen molar-refractivity contribution in [1.29, 1.82) is 0 Å². The SMILES string of the molecule is CCn1cncc1-c1nc(CN)cs1. The summed E-state index contributed by atoms with van der Waals surface area (Å²) in [5.74, 6) is 0. The molecule has 0 bridgehead atoms. The fourth-order valence-corrected chi connectivity index (χ4v) is 2.13. The number of aromatic nitrogens is 3. The van der Waals surface area contributed by atoms with Crippen molar-refractivity contribution in [3.63, 3.8) is 0 Å². The largest absolute Gasteiger partial charge is 0.329 e. The molecule has 2 heterocycles. The molecular weight excluding hydrogens is 196 g/mol. The molecule has 0 aliphatic rings. The van der Waals surface area contributed by atoms with Crippen LogP contribution in [0, 0.1) is 0 Å². The van der Waals surface area contributed by atoms with Crippen LogP contribution in [0.1, 0.15) is 12.6 Å². The number of imidazole rings is 1. The molecule has 74 valence electrons. The van der Waals surface area contributed by atoms with Crippen molar-refractivity contribution in [1.82, 2.24) is 14.5 Å². The fourth-order valence-electron chi connectivity index (χ4n) is 1.27. The highest BCUT2D eigenvalue weighted by atomic mass is 32.1. The van der Waals surface area contributed by atoms with E-state index in [1.54, 1.807) is 11.3 Å². The number of aryl methyl sites for hydroxylation is 1. The molecule has 0 radical (unpaired) electrons. The zero-order valence-corrected chi connectivity index (χ0v) is 8.79. The molecule has 2 rings (SSSR count). The molecule has 2 N–H and O–H groups in total. The van der Waals surface area contributed by atoms with Crippen molar-refractivity contribution in [3.05, 3.63) is 23.6 Å². The van der Waals surface area contributed by atoms with E-state index in [1.807, 2.05) is 17.9 Å². The number of hydrogen-bond acceptors (Lipinski definition) is 4. The average molecular weight is 208 g/mol. The van der Waals surface area contributed by atoms with Gasteiger partial charge in [-0.05, 0) is 6.92 Å². The monoisotopic (exact) mass is 208 g/mol. The van der Waals surface area contributed by atoms with Crippen molar-refractivity contribution >= 4 is 11.3 Å². The predicted molar refractivity (Wildman–Crippen MR) is 56.9 cm³/mol. The lowest BCUT2D eigenvalue weighted by Gasteiger charge is -2.00. The Hall–Kier alpha value is -1.20. The van der Waals surface area contributed by atoms with Gasteiger partial charge in [0, 0.05) is 18.5 Å². The van der Waals surface area contributed by atoms with E-state index in [0.717, 1.165) is 22.9 Å². The first kappa shape index (κ1) is 9.36. The summed E-state index contributed by atoms with van der Waals surface area (Å²) in [4.78, 5) is 8.52. The maximum atomic E-state index is 5.51. The molecule has 0 saturated heterocycles. The van der Waals surface area contributed by atoms with E-state index >= 15 is 0 Å². The molecule has 0 spiro atoms. The number of rotatable bonds is 3. The van der Waals surface area contributed by atoms with Crippen LogP contribution in [-0.2, 0) is 13.1 Å². The molecule has 5 heteroatoms. The smallest absolute Gasteiger partial charge is 0.141 e. The van der Waals surface area contributed by atoms with E-state index < -0.39 is 0 Å². The van der Waals surface area contributed by atoms with Crippen LogP contribution >= 0.6 is 11.3 Å². The van der Waals surface area contributed by atoms with Crippen LogP contribution in [-0.4, -0.2) is 14.5 Å². The summed E-state index contributed by atoms with van der Waals surface area (Å²) in [6.45, 7) is 3.49. The van der Waals surface area contributed by atoms with Gasteiger partial charge in [0.15, 0.2) is 0 Å². The van der Waals surface area contributed by atoms with Gasteiger partial charge in [-0.1, -0.05) is 0 Å². The molecule has 0 saturated carbocycles. The molecule has 0 aliphatic heterocycles. The summed E-state index contributed by atoms with van der Waals surface area (Å²) in [7, 11) is 0. The van der Waals surface area contributed by atoms with Gasteiger partial charge in [-0.3, -0.25) is 0 Å². The van der Waals surface area contributed by atoms with Gasteiger partial charge in [0.05, 0.1) is 23.9 Å². The molecule has 0 atom stereocenters. The van der Waals surface area contributed by atoms with Gasteiger partial charge in [0.25, 0.3) is 0 Å². The first-order valence-corrected chi connectivity index (χ1v) is 5.38. The Bertz CT molecular complexity index is 418. The maximum Gasteiger partial charge on any atom is 0.141 e. The molecule has 0 unspecified atom stereocenters. The van der Waals surface area contributed by atoms with Crippen LogP contribution in [0.4, 0.5) is 0 Å². The van der Waals surface area contributed by atoms with Crippen molar-refractivity contribution in [3.8, 4) is 10.7 Å². The molecule has 14 heavy (non-hydrogen) atoms. The highest BCUT2D eigenvalue weighted by Gasteiger charge is 2.07. The van der Waals surface area contributed by atoms with Gasteiger partial charge < -0.3 is 10.3 Å². The Morgan fingerprint density at radius 2 is 2.43 bits per heavy atom. The number of hydrogen-bond donors (Lipinski definition) is 1. The third kappa shape index (κ3) is 1.56. The van der Waals surface area contributed by atoms with Gasteiger partial charge in [-0.15, -0.1) is 11.3 Å². The Morgan fingerprint density at radius 1 is 1.57 bits per heavy atom. The first-order valence-electron chi connectivity index (χ1n) is 4.50. The first-order chi connectivity index (χ1) is 6.85. The lowest BCUT2D eigenvalue weighted by molar-refractivity contribution is 0.767. The Morgan fingerprint density at radius 3 is 3.07 bits per heavy atom. The van der Waals surface area contributed by atoms with Crippen molar-refractivity contribution in [2.45, 2.75) is 20.0 Å². The topological polar surface area (TPSA) is 56.7 Å². The van der Waals surface area contributed by atoms with E-state index in [1.165, 1.54) is 0 Å². The quantitative estimate of drug-likeness (QED) is 0.831. The van der Waals surface area contributed by atoms with Crippen LogP contribution in [0.25, 0.3) is 10.7 Å². The van der Waals surface area contributed by atoms with Gasteiger partial charge in [-0.2, -0.15) is 0 Å². The summed E-state index contributed by atoms with van der Waals surface area (Å²) in [6.07, 6.45) is 3.65. The van der Waals surface area contributed by atoms with E-state index in [4.69, 9.17) is 5.73 Å². The minimum atomic E-state index is 0.497. The molecular formula is C9H12N4S. The summed E-state index contributed by atoms with van der Waals surface area (Å²) in [5.41, 5.74) is 7.51. The standard InChI is InChI=1S/C9H12N4S/c1-2-13-6-11-4-8(13)9-12-7(3-10)5-14-9/h4-6H,2-3,10H2,1H3. The third-order valence-electron chi connectivity index (χ3n) is 2.03. The van der Waals surface area contributed by atoms with Crippen molar-refractivity contribution in [2.75, 3.05) is 0 Å². The second kappa shape index (κ2) is 3.89. The van der Waals surface area contributed by atoms with E-state index in [2.05, 4.69) is 21.5 Å². The minimum Gasteiger partial charge on any atom is -0.329 e. The summed E-state index contributed by atoms with van der Waals surface area (Å²) >= 11 is 1.61. The Labute approximate surface area is 86.4 Å². The Balaban J connectivity index is 2.38. The number of thiazole rings is 1. The van der Waals surface area contributed by atoms with Gasteiger partial charge in [0.1, 0.15) is 5.01 Å². The van der Waals surface area contributed by atoms with Crippen LogP contribution in [0.5, 0.6) is 0 Å². The highest BCUT2D eigenvalue weighted by molar-refractivity contribution is 7.13. The molecule has 0 aromatic carbocycles. The molecule has 2 aromatic heterocycles. The molecule has 4 nitrogen and oxygen atoms in total. The van der Waals surface area contributed by atoms with Crippen LogP contribution in [0.3, 0.4) is 0 Å². The minimum absolute atomic E-state index is 0.497. The van der Waals surface area contributed by atoms with Crippen LogP contribution in [0.15, 0.2) is 17.9 Å². The molecule has 2 aromatic rings. The van der Waals surface area contributed by atoms with E-state index in [-0.39, 0.29) is 0 Å². The fraction of sp³-hybridized carbons (Fsp3) is 0.333. The van der Waals surface area contributed by atoms with Crippen LogP contribution in [0.2, 0.25) is 0 Å². The van der Waals surface area contributed by atoms with Crippen LogP contribution < -0.4 is 5.73 Å². The Kier molecular flexibility index (Phi) is 2.60. The second-order valence-electron chi connectivity index (χ2n) is 2.91. The average Bonchev–Trinajstić information content (AvgIpc) is 2.85. The molecule has 0 aliphatic carbocycles. The lowest BCUT2D eigenvalue weighted by atomic mass is 10.4. The van der Waals surface area contributed by atoms with E-state index in [0.29, 0.717) is 6.54 Å². The summed E-state index contributed by atoms with van der Waals surface area (Å²) in [5, 5.41) is 2.98. The summed E-state index contributed by atoms with van der Waals surface area (Å²) < 4.78 is 2.07. The van der Waals surface area contributed by atoms with E-state index in [9.17, 15) is 0 Å². The normalized spacial score (nSPS) is 10.7. The molecule has 0 amide bonds. The summed E-state index contributed by atoms with van der Waals surface area (Å²) in [6, 6.07) is 0. The maximum absolute atomic E-state index is 5.51. The number of nitrogens with two attached hydrogens (primary N) is 1. The third-order valence-corrected chi connectivity index (χ3v) is 2.95. The lowest BCUT2D eigenvalue weighted by Crippen LogP contribution is -1.97. The van der Waals surface area contributed by atoms with Gasteiger partial charge >= 0.3 is 0 Å². The van der Waals surface area contributed by atoms with Crippen molar-refractivity contribution in [2.24, 2.45) is 5.73 Å². The van der Waals surface area contributed by atoms with Crippen molar-refractivity contribution < 1.29 is 0 Å². The van der Waals surface area contributed by atoms with Gasteiger partial charge in [0.2, 0.25) is 0 Å². The molecule has 0 fully saturated rings. The predicted octanol–water partition coefficient (Wildman–Crippen LogP) is 1.49. The second-order valence-corrected chi connectivity index (χ2v) is 3.77. The zero-order valence-electron chi connectivity index (χ0n) is 7.97. The van der Waals surface area contributed by atoms with Gasteiger partial charge in [-0.25, -0.2) is 9.97 Å². The number of nitrogens with zero attached hydrogens (tertiary/aromatic N) is 3. The highest BCUT2D eigenvalue weighted by Crippen LogP contribution is 2.22. The zero-order chi connectivity index (χ0) is 9.97.